The molecular weight excluding hydrogens is 343 g/mol. The van der Waals surface area contributed by atoms with Crippen molar-refractivity contribution in [2.24, 2.45) is 10.8 Å². The van der Waals surface area contributed by atoms with E-state index in [1.807, 2.05) is 0 Å². The molecule has 0 saturated heterocycles. The molecule has 0 aromatic carbocycles. The van der Waals surface area contributed by atoms with Crippen molar-refractivity contribution in [2.45, 2.75) is 54.9 Å². The van der Waals surface area contributed by atoms with E-state index in [4.69, 9.17) is 14.2 Å². The standard InChI is InChI=1S/C14H27O9P/c1-8-19-9-24(17,18)23-22-12(20-10(15)13(2,3)4)21-11(16)14(5,6)7/h12H,8-9H2,1-7H3,(H,17,18). The summed E-state index contributed by atoms with van der Waals surface area (Å²) in [5.41, 5.74) is -1.83. The molecule has 142 valence electrons. The normalized spacial score (nSPS) is 15.0. The van der Waals surface area contributed by atoms with E-state index in [1.165, 1.54) is 0 Å². The summed E-state index contributed by atoms with van der Waals surface area (Å²) < 4.78 is 30.5. The predicted octanol–water partition coefficient (Wildman–Crippen LogP) is 2.58. The van der Waals surface area contributed by atoms with Crippen LogP contribution < -0.4 is 0 Å². The summed E-state index contributed by atoms with van der Waals surface area (Å²) in [6.45, 7) is 9.33. The second-order valence-corrected chi connectivity index (χ2v) is 8.71. The molecule has 0 aromatic rings. The number of carbonyl (C=O) groups is 2. The molecule has 0 aliphatic heterocycles. The zero-order valence-electron chi connectivity index (χ0n) is 15.2. The maximum absolute atomic E-state index is 11.9. The van der Waals surface area contributed by atoms with Crippen molar-refractivity contribution in [3.8, 4) is 0 Å². The van der Waals surface area contributed by atoms with E-state index in [9.17, 15) is 19.0 Å². The first-order valence-electron chi connectivity index (χ1n) is 7.36. The van der Waals surface area contributed by atoms with Crippen molar-refractivity contribution in [3.63, 3.8) is 0 Å². The first-order chi connectivity index (χ1) is 10.7. The third-order valence-corrected chi connectivity index (χ3v) is 3.16. The van der Waals surface area contributed by atoms with Gasteiger partial charge in [0.1, 0.15) is 0 Å². The minimum Gasteiger partial charge on any atom is -0.398 e. The Bertz CT molecular complexity index is 448. The maximum Gasteiger partial charge on any atom is 0.392 e. The molecule has 0 spiro atoms. The highest BCUT2D eigenvalue weighted by Gasteiger charge is 2.34. The van der Waals surface area contributed by atoms with Gasteiger partial charge in [0.15, 0.2) is 6.35 Å². The summed E-state index contributed by atoms with van der Waals surface area (Å²) in [6, 6.07) is 0. The van der Waals surface area contributed by atoms with Gasteiger partial charge in [-0.2, -0.15) is 0 Å². The van der Waals surface area contributed by atoms with Gasteiger partial charge >= 0.3 is 26.0 Å². The summed E-state index contributed by atoms with van der Waals surface area (Å²) >= 11 is 0. The van der Waals surface area contributed by atoms with E-state index in [0.29, 0.717) is 0 Å². The number of esters is 2. The minimum absolute atomic E-state index is 0.190. The summed E-state index contributed by atoms with van der Waals surface area (Å²) in [7, 11) is -4.26. The highest BCUT2D eigenvalue weighted by atomic mass is 31.2. The molecule has 1 atom stereocenters. The van der Waals surface area contributed by atoms with Gasteiger partial charge in [0.25, 0.3) is 0 Å². The first kappa shape index (κ1) is 23.0. The van der Waals surface area contributed by atoms with Gasteiger partial charge in [0, 0.05) is 6.61 Å². The van der Waals surface area contributed by atoms with Gasteiger partial charge < -0.3 is 19.1 Å². The molecule has 0 fully saturated rings. The summed E-state index contributed by atoms with van der Waals surface area (Å²) in [6.07, 6.45) is -0.628. The Kier molecular flexibility index (Phi) is 8.55. The molecule has 0 aliphatic carbocycles. The van der Waals surface area contributed by atoms with E-state index in [1.54, 1.807) is 48.5 Å². The van der Waals surface area contributed by atoms with Gasteiger partial charge in [0.2, 0.25) is 0 Å². The molecule has 0 aliphatic rings. The molecule has 0 bridgehead atoms. The second kappa shape index (κ2) is 8.92. The molecule has 9 nitrogen and oxygen atoms in total. The van der Waals surface area contributed by atoms with E-state index in [2.05, 4.69) is 9.56 Å². The maximum atomic E-state index is 11.9. The average Bonchev–Trinajstić information content (AvgIpc) is 2.40. The Morgan fingerprint density at radius 1 is 1.00 bits per heavy atom. The van der Waals surface area contributed by atoms with Crippen molar-refractivity contribution in [3.05, 3.63) is 0 Å². The first-order valence-corrected chi connectivity index (χ1v) is 9.12. The van der Waals surface area contributed by atoms with Crippen LogP contribution in [0.25, 0.3) is 0 Å². The molecule has 1 unspecified atom stereocenters. The molecule has 24 heavy (non-hydrogen) atoms. The fourth-order valence-electron chi connectivity index (χ4n) is 0.922. The van der Waals surface area contributed by atoms with E-state index >= 15 is 0 Å². The number of hydrogen-bond donors (Lipinski definition) is 1. The lowest BCUT2D eigenvalue weighted by atomic mass is 9.97. The van der Waals surface area contributed by atoms with Gasteiger partial charge in [-0.3, -0.25) is 14.2 Å². The summed E-state index contributed by atoms with van der Waals surface area (Å²) in [5, 5.41) is 0. The topological polar surface area (TPSA) is 118 Å². The molecule has 0 radical (unpaired) electrons. The van der Waals surface area contributed by atoms with Crippen LogP contribution in [-0.4, -0.2) is 36.3 Å². The predicted molar refractivity (Wildman–Crippen MR) is 83.4 cm³/mol. The van der Waals surface area contributed by atoms with Crippen LogP contribution in [0.1, 0.15) is 48.5 Å². The average molecular weight is 370 g/mol. The Labute approximate surface area is 142 Å². The fraction of sp³-hybridized carbons (Fsp3) is 0.857. The Morgan fingerprint density at radius 2 is 1.42 bits per heavy atom. The van der Waals surface area contributed by atoms with Gasteiger partial charge in [-0.1, -0.05) is 0 Å². The number of carbonyl (C=O) groups excluding carboxylic acids is 2. The van der Waals surface area contributed by atoms with Gasteiger partial charge in [0.05, 0.1) is 10.8 Å². The van der Waals surface area contributed by atoms with Crippen LogP contribution in [0.4, 0.5) is 0 Å². The molecule has 0 amide bonds. The Morgan fingerprint density at radius 3 is 1.75 bits per heavy atom. The molecule has 0 saturated carbocycles. The Hall–Kier alpha value is -0.990. The molecular formula is C14H27O9P. The minimum atomic E-state index is -4.26. The molecule has 0 heterocycles. The van der Waals surface area contributed by atoms with Crippen molar-refractivity contribution in [1.82, 2.24) is 0 Å². The lowest BCUT2D eigenvalue weighted by Gasteiger charge is -2.25. The van der Waals surface area contributed by atoms with Crippen LogP contribution in [0.2, 0.25) is 0 Å². The summed E-state index contributed by atoms with van der Waals surface area (Å²) in [5.74, 6) is -1.51. The van der Waals surface area contributed by atoms with E-state index in [0.717, 1.165) is 0 Å². The lowest BCUT2D eigenvalue weighted by Crippen LogP contribution is -2.36. The number of ether oxygens (including phenoxy) is 3. The van der Waals surface area contributed by atoms with Crippen LogP contribution >= 0.6 is 7.60 Å². The molecule has 10 heteroatoms. The highest BCUT2D eigenvalue weighted by Crippen LogP contribution is 2.42. The van der Waals surface area contributed by atoms with Gasteiger partial charge in [-0.15, -0.1) is 9.56 Å². The largest absolute Gasteiger partial charge is 0.398 e. The van der Waals surface area contributed by atoms with Gasteiger partial charge in [-0.25, -0.2) is 0 Å². The monoisotopic (exact) mass is 370 g/mol. The molecule has 0 rings (SSSR count). The Balaban J connectivity index is 4.96. The number of rotatable bonds is 8. The number of hydrogen-bond acceptors (Lipinski definition) is 8. The van der Waals surface area contributed by atoms with Crippen LogP contribution in [-0.2, 0) is 37.9 Å². The second-order valence-electron chi connectivity index (χ2n) is 7.03. The lowest BCUT2D eigenvalue weighted by molar-refractivity contribution is -0.385. The van der Waals surface area contributed by atoms with Crippen LogP contribution in [0.15, 0.2) is 0 Å². The van der Waals surface area contributed by atoms with Crippen LogP contribution in [0.5, 0.6) is 0 Å². The van der Waals surface area contributed by atoms with E-state index < -0.39 is 43.2 Å². The van der Waals surface area contributed by atoms with Crippen LogP contribution in [0, 0.1) is 10.8 Å². The van der Waals surface area contributed by atoms with E-state index in [-0.39, 0.29) is 6.61 Å². The fourth-order valence-corrected chi connectivity index (χ4v) is 1.58. The van der Waals surface area contributed by atoms with Crippen LogP contribution in [0.3, 0.4) is 0 Å². The van der Waals surface area contributed by atoms with Crippen molar-refractivity contribution in [1.29, 1.82) is 0 Å². The third-order valence-electron chi connectivity index (χ3n) is 2.33. The zero-order chi connectivity index (χ0) is 19.2. The summed E-state index contributed by atoms with van der Waals surface area (Å²) in [4.78, 5) is 37.8. The zero-order valence-corrected chi connectivity index (χ0v) is 16.0. The molecule has 1 N–H and O–H groups in total. The SMILES string of the molecule is CCOCP(=O)(O)OOC(OC(=O)C(C)(C)C)OC(=O)C(C)(C)C. The van der Waals surface area contributed by atoms with Crippen molar-refractivity contribution in [2.75, 3.05) is 13.0 Å². The highest BCUT2D eigenvalue weighted by molar-refractivity contribution is 7.52. The molecule has 0 aromatic heterocycles. The smallest absolute Gasteiger partial charge is 0.392 e. The quantitative estimate of drug-likeness (QED) is 0.226. The van der Waals surface area contributed by atoms with Gasteiger partial charge in [-0.05, 0) is 48.5 Å². The third kappa shape index (κ3) is 9.34. The van der Waals surface area contributed by atoms with Crippen molar-refractivity contribution >= 4 is 19.5 Å². The van der Waals surface area contributed by atoms with Crippen molar-refractivity contribution < 1.29 is 42.8 Å².